The van der Waals surface area contributed by atoms with Gasteiger partial charge < -0.3 is 9.64 Å². The number of carbonyl (C=O) groups excluding carboxylic acids is 3. The minimum Gasteiger partial charge on any atom is -0.496 e. The molecule has 3 amide bonds. The third-order valence-electron chi connectivity index (χ3n) is 7.61. The van der Waals surface area contributed by atoms with Gasteiger partial charge in [0.15, 0.2) is 0 Å². The third-order valence-corrected chi connectivity index (χ3v) is 7.61. The first-order chi connectivity index (χ1) is 17.4. The number of ether oxygens (including phenoxy) is 1. The highest BCUT2D eigenvalue weighted by atomic mass is 16.5. The fourth-order valence-corrected chi connectivity index (χ4v) is 5.65. The molecule has 0 radical (unpaired) electrons. The number of methoxy groups -OCH3 is 1. The molecule has 2 saturated heterocycles. The predicted molar refractivity (Wildman–Crippen MR) is 137 cm³/mol. The molecule has 0 unspecified atom stereocenters. The summed E-state index contributed by atoms with van der Waals surface area (Å²) in [6.45, 7) is 0.614. The van der Waals surface area contributed by atoms with Crippen molar-refractivity contribution in [2.24, 2.45) is 0 Å². The van der Waals surface area contributed by atoms with Crippen LogP contribution in [0.1, 0.15) is 42.9 Å². The molecule has 2 atom stereocenters. The first kappa shape index (κ1) is 23.8. The number of amides is 3. The number of likely N-dealkylation sites (N-methyl/N-ethyl adjacent to an activating group) is 1. The van der Waals surface area contributed by atoms with E-state index in [0.29, 0.717) is 12.1 Å². The minimum absolute atomic E-state index is 0.00801. The molecule has 0 aromatic heterocycles. The molecular weight excluding hydrogens is 452 g/mol. The lowest BCUT2D eigenvalue weighted by Gasteiger charge is -2.32. The van der Waals surface area contributed by atoms with Crippen molar-refractivity contribution >= 4 is 17.7 Å². The molecular formula is C30H30N2O4. The molecule has 6 nitrogen and oxygen atoms in total. The maximum atomic E-state index is 13.8. The summed E-state index contributed by atoms with van der Waals surface area (Å²) in [7, 11) is 3.13. The maximum absolute atomic E-state index is 13.8. The van der Waals surface area contributed by atoms with E-state index in [1.165, 1.54) is 11.9 Å². The monoisotopic (exact) mass is 482 g/mol. The van der Waals surface area contributed by atoms with Crippen molar-refractivity contribution in [3.05, 3.63) is 90.0 Å². The first-order valence-corrected chi connectivity index (χ1v) is 12.3. The van der Waals surface area contributed by atoms with E-state index in [1.807, 2.05) is 83.8 Å². The largest absolute Gasteiger partial charge is 0.496 e. The molecule has 0 saturated carbocycles. The van der Waals surface area contributed by atoms with Crippen molar-refractivity contribution in [1.29, 1.82) is 0 Å². The topological polar surface area (TPSA) is 66.9 Å². The zero-order valence-electron chi connectivity index (χ0n) is 20.6. The fourth-order valence-electron chi connectivity index (χ4n) is 5.65. The molecule has 2 heterocycles. The Morgan fingerprint density at radius 2 is 1.61 bits per heavy atom. The normalized spacial score (nSPS) is 21.8. The van der Waals surface area contributed by atoms with Crippen molar-refractivity contribution in [1.82, 2.24) is 9.80 Å². The van der Waals surface area contributed by atoms with Crippen LogP contribution in [0.25, 0.3) is 11.1 Å². The molecule has 0 N–H and O–H groups in total. The van der Waals surface area contributed by atoms with Gasteiger partial charge in [0.2, 0.25) is 17.7 Å². The zero-order valence-corrected chi connectivity index (χ0v) is 20.6. The highest BCUT2D eigenvalue weighted by Gasteiger charge is 2.53. The van der Waals surface area contributed by atoms with Gasteiger partial charge >= 0.3 is 0 Å². The lowest BCUT2D eigenvalue weighted by atomic mass is 9.75. The summed E-state index contributed by atoms with van der Waals surface area (Å²) in [6.07, 6.45) is 1.65. The average Bonchev–Trinajstić information content (AvgIpc) is 3.49. The van der Waals surface area contributed by atoms with Crippen LogP contribution in [0.3, 0.4) is 0 Å². The van der Waals surface area contributed by atoms with Crippen LogP contribution in [-0.4, -0.2) is 48.2 Å². The molecule has 36 heavy (non-hydrogen) atoms. The molecule has 3 aromatic carbocycles. The van der Waals surface area contributed by atoms with Crippen LogP contribution in [0.5, 0.6) is 5.75 Å². The molecule has 6 heteroatoms. The Hall–Kier alpha value is -3.93. The van der Waals surface area contributed by atoms with Crippen molar-refractivity contribution in [2.75, 3.05) is 20.7 Å². The Bertz CT molecular complexity index is 1290. The summed E-state index contributed by atoms with van der Waals surface area (Å²) in [5.41, 5.74) is 2.55. The van der Waals surface area contributed by atoms with Gasteiger partial charge in [-0.2, -0.15) is 0 Å². The number of imide groups is 1. The quantitative estimate of drug-likeness (QED) is 0.476. The number of para-hydroxylation sites is 1. The molecule has 2 aliphatic rings. The minimum atomic E-state index is -1.20. The van der Waals surface area contributed by atoms with E-state index in [1.54, 1.807) is 7.11 Å². The van der Waals surface area contributed by atoms with Crippen LogP contribution in [0, 0.1) is 0 Å². The number of likely N-dealkylation sites (tertiary alicyclic amines) is 2. The van der Waals surface area contributed by atoms with Crippen molar-refractivity contribution < 1.29 is 19.1 Å². The van der Waals surface area contributed by atoms with Gasteiger partial charge in [-0.05, 0) is 35.6 Å². The van der Waals surface area contributed by atoms with Gasteiger partial charge in [0.1, 0.15) is 5.75 Å². The average molecular weight is 483 g/mol. The summed E-state index contributed by atoms with van der Waals surface area (Å²) < 4.78 is 5.56. The molecule has 0 bridgehead atoms. The van der Waals surface area contributed by atoms with Crippen LogP contribution >= 0.6 is 0 Å². The van der Waals surface area contributed by atoms with E-state index < -0.39 is 5.41 Å². The van der Waals surface area contributed by atoms with Crippen LogP contribution < -0.4 is 4.74 Å². The van der Waals surface area contributed by atoms with Gasteiger partial charge in [-0.1, -0.05) is 72.8 Å². The summed E-state index contributed by atoms with van der Waals surface area (Å²) in [4.78, 5) is 43.0. The summed E-state index contributed by atoms with van der Waals surface area (Å²) >= 11 is 0. The van der Waals surface area contributed by atoms with Crippen molar-refractivity contribution in [2.45, 2.75) is 37.1 Å². The lowest BCUT2D eigenvalue weighted by molar-refractivity contribution is -0.141. The highest BCUT2D eigenvalue weighted by Crippen LogP contribution is 2.43. The maximum Gasteiger partial charge on any atom is 0.240 e. The third kappa shape index (κ3) is 4.06. The summed E-state index contributed by atoms with van der Waals surface area (Å²) in [5.74, 6) is 0.0521. The van der Waals surface area contributed by atoms with Crippen molar-refractivity contribution in [3.63, 3.8) is 0 Å². The Balaban J connectivity index is 1.47. The van der Waals surface area contributed by atoms with Crippen LogP contribution in [0.4, 0.5) is 0 Å². The molecule has 2 aliphatic heterocycles. The van der Waals surface area contributed by atoms with E-state index in [9.17, 15) is 14.4 Å². The number of carbonyl (C=O) groups is 3. The Labute approximate surface area is 211 Å². The second-order valence-corrected chi connectivity index (χ2v) is 9.62. The van der Waals surface area contributed by atoms with E-state index in [4.69, 9.17) is 4.74 Å². The second kappa shape index (κ2) is 9.61. The predicted octanol–water partition coefficient (Wildman–Crippen LogP) is 4.74. The molecule has 3 aromatic rings. The van der Waals surface area contributed by atoms with Gasteiger partial charge in [-0.3, -0.25) is 19.3 Å². The lowest BCUT2D eigenvalue weighted by Crippen LogP contribution is -2.42. The van der Waals surface area contributed by atoms with E-state index >= 15 is 0 Å². The van der Waals surface area contributed by atoms with E-state index in [-0.39, 0.29) is 36.6 Å². The highest BCUT2D eigenvalue weighted by molar-refractivity contribution is 6.10. The smallest absolute Gasteiger partial charge is 0.240 e. The second-order valence-electron chi connectivity index (χ2n) is 9.62. The van der Waals surface area contributed by atoms with Gasteiger partial charge in [-0.25, -0.2) is 0 Å². The number of hydrogen-bond donors (Lipinski definition) is 0. The molecule has 2 fully saturated rings. The van der Waals surface area contributed by atoms with Crippen molar-refractivity contribution in [3.8, 4) is 16.9 Å². The fraction of sp³-hybridized carbons (Fsp3) is 0.300. The van der Waals surface area contributed by atoms with E-state index in [0.717, 1.165) is 35.3 Å². The molecule has 184 valence electrons. The SMILES string of the molecule is COc1ccccc1[C@H]1CCCN1C(=O)C[C@]1(c2ccc(-c3ccccc3)cc2)CC(=O)N(C)C1=O. The van der Waals surface area contributed by atoms with Gasteiger partial charge in [-0.15, -0.1) is 0 Å². The van der Waals surface area contributed by atoms with E-state index in [2.05, 4.69) is 0 Å². The molecule has 0 spiro atoms. The summed E-state index contributed by atoms with van der Waals surface area (Å²) in [6, 6.07) is 25.3. The first-order valence-electron chi connectivity index (χ1n) is 12.3. The zero-order chi connectivity index (χ0) is 25.3. The van der Waals surface area contributed by atoms with Crippen LogP contribution in [0.2, 0.25) is 0 Å². The van der Waals surface area contributed by atoms with Gasteiger partial charge in [0, 0.05) is 32.0 Å². The molecule has 0 aliphatic carbocycles. The Kier molecular flexibility index (Phi) is 6.35. The summed E-state index contributed by atoms with van der Waals surface area (Å²) in [5, 5.41) is 0. The van der Waals surface area contributed by atoms with Gasteiger partial charge in [0.25, 0.3) is 0 Å². The Morgan fingerprint density at radius 3 is 2.28 bits per heavy atom. The van der Waals surface area contributed by atoms with Crippen LogP contribution in [-0.2, 0) is 19.8 Å². The molecule has 5 rings (SSSR count). The standard InChI is InChI=1S/C30H30N2O4/c1-31-27(33)19-30(29(31)35,23-16-14-22(15-17-23)21-9-4-3-5-10-21)20-28(34)32-18-8-12-25(32)24-11-6-7-13-26(24)36-2/h3-7,9-11,13-17,25H,8,12,18-20H2,1-2H3/t25-,30+/m1/s1. The number of benzene rings is 3. The number of hydrogen-bond acceptors (Lipinski definition) is 4. The van der Waals surface area contributed by atoms with Crippen LogP contribution in [0.15, 0.2) is 78.9 Å². The number of rotatable bonds is 6. The number of nitrogens with zero attached hydrogens (tertiary/aromatic N) is 2. The van der Waals surface area contributed by atoms with Gasteiger partial charge in [0.05, 0.1) is 18.6 Å². The Morgan fingerprint density at radius 1 is 0.944 bits per heavy atom.